The van der Waals surface area contributed by atoms with E-state index in [1.165, 1.54) is 6.07 Å². The van der Waals surface area contributed by atoms with Crippen molar-refractivity contribution in [3.63, 3.8) is 0 Å². The van der Waals surface area contributed by atoms with E-state index < -0.39 is 17.5 Å². The molecule has 5 heteroatoms. The van der Waals surface area contributed by atoms with Gasteiger partial charge < -0.3 is 10.1 Å². The fourth-order valence-corrected chi connectivity index (χ4v) is 1.89. The van der Waals surface area contributed by atoms with Crippen molar-refractivity contribution in [3.05, 3.63) is 29.6 Å². The maximum absolute atomic E-state index is 13.3. The number of halogens is 3. The van der Waals surface area contributed by atoms with Gasteiger partial charge in [0.1, 0.15) is 0 Å². The Kier molecular flexibility index (Phi) is 3.89. The third-order valence-corrected chi connectivity index (χ3v) is 2.87. The lowest BCUT2D eigenvalue weighted by Gasteiger charge is -2.22. The Morgan fingerprint density at radius 2 is 2.06 bits per heavy atom. The van der Waals surface area contributed by atoms with Crippen molar-refractivity contribution >= 4 is 5.69 Å². The fourth-order valence-electron chi connectivity index (χ4n) is 1.89. The average Bonchev–Trinajstić information content (AvgIpc) is 2.36. The van der Waals surface area contributed by atoms with Crippen LogP contribution in [0.15, 0.2) is 12.1 Å². The second-order valence-corrected chi connectivity index (χ2v) is 4.19. The Morgan fingerprint density at radius 3 is 2.76 bits per heavy atom. The van der Waals surface area contributed by atoms with Gasteiger partial charge in [0.25, 0.3) is 0 Å². The van der Waals surface area contributed by atoms with E-state index in [2.05, 4.69) is 5.32 Å². The zero-order chi connectivity index (χ0) is 12.3. The molecule has 2 rings (SSSR count). The molecule has 0 spiro atoms. The van der Waals surface area contributed by atoms with Crippen molar-refractivity contribution in [1.29, 1.82) is 0 Å². The molecule has 0 bridgehead atoms. The summed E-state index contributed by atoms with van der Waals surface area (Å²) in [7, 11) is 0. The predicted octanol–water partition coefficient (Wildman–Crippen LogP) is 2.94. The molecular formula is C12H14F3NO. The summed E-state index contributed by atoms with van der Waals surface area (Å²) < 4.78 is 44.2. The van der Waals surface area contributed by atoms with Crippen LogP contribution in [0.2, 0.25) is 0 Å². The van der Waals surface area contributed by atoms with Crippen LogP contribution in [0, 0.1) is 23.4 Å². The second kappa shape index (κ2) is 5.40. The van der Waals surface area contributed by atoms with Crippen LogP contribution in [0.3, 0.4) is 0 Å². The van der Waals surface area contributed by atoms with Crippen LogP contribution in [-0.2, 0) is 4.74 Å². The van der Waals surface area contributed by atoms with Gasteiger partial charge >= 0.3 is 0 Å². The Labute approximate surface area is 97.8 Å². The van der Waals surface area contributed by atoms with E-state index in [-0.39, 0.29) is 11.6 Å². The number of rotatable bonds is 3. The van der Waals surface area contributed by atoms with Gasteiger partial charge in [-0.1, -0.05) is 0 Å². The number of anilines is 1. The van der Waals surface area contributed by atoms with Gasteiger partial charge in [-0.15, -0.1) is 0 Å². The topological polar surface area (TPSA) is 21.3 Å². The molecule has 1 fully saturated rings. The highest BCUT2D eigenvalue weighted by Crippen LogP contribution is 2.21. The number of hydrogen-bond donors (Lipinski definition) is 1. The van der Waals surface area contributed by atoms with E-state index in [1.807, 2.05) is 0 Å². The SMILES string of the molecule is Fc1ccc(NCC2CCCOC2)c(F)c1F. The first-order chi connectivity index (χ1) is 8.18. The highest BCUT2D eigenvalue weighted by atomic mass is 19.2. The number of nitrogens with one attached hydrogen (secondary N) is 1. The third kappa shape index (κ3) is 2.91. The summed E-state index contributed by atoms with van der Waals surface area (Å²) in [5.41, 5.74) is -0.00512. The first-order valence-electron chi connectivity index (χ1n) is 5.63. The van der Waals surface area contributed by atoms with Gasteiger partial charge in [0.2, 0.25) is 0 Å². The first kappa shape index (κ1) is 12.2. The van der Waals surface area contributed by atoms with Gasteiger partial charge in [0.15, 0.2) is 17.5 Å². The van der Waals surface area contributed by atoms with E-state index in [0.29, 0.717) is 13.2 Å². The van der Waals surface area contributed by atoms with Gasteiger partial charge in [-0.05, 0) is 30.9 Å². The van der Waals surface area contributed by atoms with Crippen LogP contribution in [0.25, 0.3) is 0 Å². The molecule has 1 aliphatic heterocycles. The third-order valence-electron chi connectivity index (χ3n) is 2.87. The smallest absolute Gasteiger partial charge is 0.196 e. The molecular weight excluding hydrogens is 231 g/mol. The zero-order valence-corrected chi connectivity index (χ0v) is 9.31. The van der Waals surface area contributed by atoms with Crippen LogP contribution in [-0.4, -0.2) is 19.8 Å². The molecule has 1 N–H and O–H groups in total. The lowest BCUT2D eigenvalue weighted by Crippen LogP contribution is -2.24. The molecule has 1 unspecified atom stereocenters. The van der Waals surface area contributed by atoms with Crippen LogP contribution in [0.4, 0.5) is 18.9 Å². The normalized spacial score (nSPS) is 20.3. The fraction of sp³-hybridized carbons (Fsp3) is 0.500. The maximum Gasteiger partial charge on any atom is 0.196 e. The first-order valence-corrected chi connectivity index (χ1v) is 5.63. The van der Waals surface area contributed by atoms with Gasteiger partial charge in [0.05, 0.1) is 12.3 Å². The molecule has 17 heavy (non-hydrogen) atoms. The molecule has 1 atom stereocenters. The predicted molar refractivity (Wildman–Crippen MR) is 58.3 cm³/mol. The molecule has 0 amide bonds. The minimum absolute atomic E-state index is 0.00512. The molecule has 0 saturated carbocycles. The number of ether oxygens (including phenoxy) is 1. The minimum Gasteiger partial charge on any atom is -0.382 e. The molecule has 94 valence electrons. The highest BCUT2D eigenvalue weighted by Gasteiger charge is 2.16. The standard InChI is InChI=1S/C12H14F3NO/c13-9-3-4-10(12(15)11(9)14)16-6-8-2-1-5-17-7-8/h3-4,8,16H,1-2,5-7H2. The maximum atomic E-state index is 13.3. The van der Waals surface area contributed by atoms with Crippen LogP contribution in [0.5, 0.6) is 0 Å². The summed E-state index contributed by atoms with van der Waals surface area (Å²) in [6.07, 6.45) is 1.98. The quantitative estimate of drug-likeness (QED) is 0.827. The van der Waals surface area contributed by atoms with E-state index in [9.17, 15) is 13.2 Å². The highest BCUT2D eigenvalue weighted by molar-refractivity contribution is 5.45. The largest absolute Gasteiger partial charge is 0.382 e. The van der Waals surface area contributed by atoms with Crippen LogP contribution in [0.1, 0.15) is 12.8 Å². The molecule has 1 aliphatic rings. The second-order valence-electron chi connectivity index (χ2n) is 4.19. The molecule has 0 radical (unpaired) electrons. The summed E-state index contributed by atoms with van der Waals surface area (Å²) >= 11 is 0. The summed E-state index contributed by atoms with van der Waals surface area (Å²) in [4.78, 5) is 0. The molecule has 0 aromatic heterocycles. The van der Waals surface area contributed by atoms with Crippen molar-refractivity contribution in [2.75, 3.05) is 25.1 Å². The molecule has 0 aliphatic carbocycles. The summed E-state index contributed by atoms with van der Waals surface area (Å²) in [5.74, 6) is -3.48. The van der Waals surface area contributed by atoms with Crippen molar-refractivity contribution in [2.24, 2.45) is 5.92 Å². The monoisotopic (exact) mass is 245 g/mol. The summed E-state index contributed by atoms with van der Waals surface area (Å²) in [6, 6.07) is 2.12. The van der Waals surface area contributed by atoms with Crippen molar-refractivity contribution < 1.29 is 17.9 Å². The molecule has 1 aromatic carbocycles. The summed E-state index contributed by atoms with van der Waals surface area (Å²) in [5, 5.41) is 2.79. The van der Waals surface area contributed by atoms with E-state index in [0.717, 1.165) is 25.5 Å². The molecule has 1 heterocycles. The van der Waals surface area contributed by atoms with Crippen molar-refractivity contribution in [2.45, 2.75) is 12.8 Å². The number of benzene rings is 1. The minimum atomic E-state index is -1.44. The average molecular weight is 245 g/mol. The Balaban J connectivity index is 1.96. The number of hydrogen-bond acceptors (Lipinski definition) is 2. The van der Waals surface area contributed by atoms with E-state index in [4.69, 9.17) is 4.74 Å². The van der Waals surface area contributed by atoms with Gasteiger partial charge in [-0.2, -0.15) is 0 Å². The van der Waals surface area contributed by atoms with Crippen LogP contribution >= 0.6 is 0 Å². The molecule has 2 nitrogen and oxygen atoms in total. The van der Waals surface area contributed by atoms with Gasteiger partial charge in [-0.25, -0.2) is 13.2 Å². The molecule has 1 saturated heterocycles. The van der Waals surface area contributed by atoms with Crippen molar-refractivity contribution in [3.8, 4) is 0 Å². The van der Waals surface area contributed by atoms with Gasteiger partial charge in [-0.3, -0.25) is 0 Å². The van der Waals surface area contributed by atoms with Crippen LogP contribution < -0.4 is 5.32 Å². The van der Waals surface area contributed by atoms with E-state index in [1.54, 1.807) is 0 Å². The zero-order valence-electron chi connectivity index (χ0n) is 9.31. The van der Waals surface area contributed by atoms with Gasteiger partial charge in [0, 0.05) is 13.2 Å². The Bertz CT molecular complexity index is 392. The lowest BCUT2D eigenvalue weighted by molar-refractivity contribution is 0.0595. The lowest BCUT2D eigenvalue weighted by atomic mass is 10.0. The Morgan fingerprint density at radius 1 is 1.24 bits per heavy atom. The summed E-state index contributed by atoms with van der Waals surface area (Å²) in [6.45, 7) is 1.89. The molecule has 1 aromatic rings. The Hall–Kier alpha value is -1.23. The van der Waals surface area contributed by atoms with E-state index >= 15 is 0 Å². The van der Waals surface area contributed by atoms with Crippen molar-refractivity contribution in [1.82, 2.24) is 0 Å².